The number of hydrogen-bond acceptors (Lipinski definition) is 4. The Kier molecular flexibility index (Phi) is 4.12. The van der Waals surface area contributed by atoms with Gasteiger partial charge in [-0.3, -0.25) is 0 Å². The van der Waals surface area contributed by atoms with Crippen LogP contribution in [0.4, 0.5) is 0 Å². The molecule has 0 bridgehead atoms. The summed E-state index contributed by atoms with van der Waals surface area (Å²) < 4.78 is 13.5. The molecule has 108 valence electrons. The van der Waals surface area contributed by atoms with Crippen LogP contribution in [0.25, 0.3) is 5.69 Å². The quantitative estimate of drug-likeness (QED) is 0.833. The zero-order valence-corrected chi connectivity index (χ0v) is 12.2. The molecular formula is C14H19N3O3. The Balaban J connectivity index is 2.62. The molecule has 2 aromatic rings. The molecule has 0 aliphatic rings. The van der Waals surface area contributed by atoms with Crippen molar-refractivity contribution in [3.05, 3.63) is 34.5 Å². The lowest BCUT2D eigenvalue weighted by Crippen LogP contribution is -2.23. The Hall–Kier alpha value is -2.24. The number of hydrogen-bond donors (Lipinski definition) is 0. The molecule has 0 radical (unpaired) electrons. The normalized spacial score (nSPS) is 10.6. The van der Waals surface area contributed by atoms with Crippen LogP contribution in [-0.4, -0.2) is 28.6 Å². The molecule has 6 nitrogen and oxygen atoms in total. The highest BCUT2D eigenvalue weighted by Gasteiger charge is 2.14. The van der Waals surface area contributed by atoms with Gasteiger partial charge >= 0.3 is 5.69 Å². The van der Waals surface area contributed by atoms with E-state index >= 15 is 0 Å². The van der Waals surface area contributed by atoms with E-state index in [0.717, 1.165) is 11.5 Å². The van der Waals surface area contributed by atoms with Crippen LogP contribution in [0.5, 0.6) is 11.5 Å². The molecule has 1 aromatic heterocycles. The highest BCUT2D eigenvalue weighted by atomic mass is 16.5. The van der Waals surface area contributed by atoms with Crippen LogP contribution in [0, 0.1) is 0 Å². The molecule has 1 heterocycles. The molecule has 0 aliphatic carbocycles. The lowest BCUT2D eigenvalue weighted by molar-refractivity contribution is 0.355. The molecule has 0 unspecified atom stereocenters. The van der Waals surface area contributed by atoms with Gasteiger partial charge in [0.2, 0.25) is 0 Å². The number of benzene rings is 1. The van der Waals surface area contributed by atoms with Crippen LogP contribution < -0.4 is 15.2 Å². The summed E-state index contributed by atoms with van der Waals surface area (Å²) in [4.78, 5) is 12.3. The topological polar surface area (TPSA) is 58.3 Å². The van der Waals surface area contributed by atoms with Crippen molar-refractivity contribution in [3.8, 4) is 17.2 Å². The van der Waals surface area contributed by atoms with Gasteiger partial charge in [-0.2, -0.15) is 5.10 Å². The van der Waals surface area contributed by atoms with E-state index in [1.165, 1.54) is 4.68 Å². The van der Waals surface area contributed by atoms with E-state index in [9.17, 15) is 4.79 Å². The molecule has 1 aromatic carbocycles. The smallest absolute Gasteiger partial charge is 0.350 e. The summed E-state index contributed by atoms with van der Waals surface area (Å²) in [7, 11) is 3.15. The highest BCUT2D eigenvalue weighted by Crippen LogP contribution is 2.28. The van der Waals surface area contributed by atoms with Crippen LogP contribution in [-0.2, 0) is 13.0 Å². The Morgan fingerprint density at radius 2 is 1.85 bits per heavy atom. The van der Waals surface area contributed by atoms with Crippen LogP contribution >= 0.6 is 0 Å². The first-order chi connectivity index (χ1) is 9.65. The van der Waals surface area contributed by atoms with Crippen molar-refractivity contribution in [1.29, 1.82) is 0 Å². The summed E-state index contributed by atoms with van der Waals surface area (Å²) in [6, 6.07) is 5.38. The molecule has 0 N–H and O–H groups in total. The molecule has 0 spiro atoms. The number of methoxy groups -OCH3 is 2. The molecule has 0 aliphatic heterocycles. The number of aryl methyl sites for hydroxylation is 2. The van der Waals surface area contributed by atoms with E-state index in [1.807, 2.05) is 19.9 Å². The SMILES string of the molecule is CCc1nn(CC)c(=O)n1-c1ccc(OC)c(OC)c1. The number of nitrogens with zero attached hydrogens (tertiary/aromatic N) is 3. The van der Waals surface area contributed by atoms with Gasteiger partial charge in [-0.25, -0.2) is 14.0 Å². The van der Waals surface area contributed by atoms with Gasteiger partial charge in [0, 0.05) is 19.0 Å². The Morgan fingerprint density at radius 3 is 2.40 bits per heavy atom. The van der Waals surface area contributed by atoms with Crippen LogP contribution in [0.2, 0.25) is 0 Å². The average molecular weight is 277 g/mol. The Morgan fingerprint density at radius 1 is 1.15 bits per heavy atom. The molecule has 0 saturated heterocycles. The Labute approximate surface area is 117 Å². The van der Waals surface area contributed by atoms with Crippen molar-refractivity contribution in [3.63, 3.8) is 0 Å². The third-order valence-corrected chi connectivity index (χ3v) is 3.15. The third kappa shape index (κ3) is 2.29. The maximum atomic E-state index is 12.3. The van der Waals surface area contributed by atoms with Crippen molar-refractivity contribution in [1.82, 2.24) is 14.3 Å². The fourth-order valence-corrected chi connectivity index (χ4v) is 2.11. The molecule has 0 fully saturated rings. The Bertz CT molecular complexity index is 658. The standard InChI is InChI=1S/C14H19N3O3/c1-5-13-15-16(6-2)14(18)17(13)10-7-8-11(19-3)12(9-10)20-4/h7-9H,5-6H2,1-4H3. The van der Waals surface area contributed by atoms with Crippen LogP contribution in [0.15, 0.2) is 23.0 Å². The summed E-state index contributed by atoms with van der Waals surface area (Å²) in [5, 5.41) is 4.32. The fraction of sp³-hybridized carbons (Fsp3) is 0.429. The van der Waals surface area contributed by atoms with Crippen molar-refractivity contribution >= 4 is 0 Å². The van der Waals surface area contributed by atoms with Gasteiger partial charge < -0.3 is 9.47 Å². The minimum atomic E-state index is -0.142. The highest BCUT2D eigenvalue weighted by molar-refractivity contribution is 5.49. The largest absolute Gasteiger partial charge is 0.493 e. The second-order valence-corrected chi connectivity index (χ2v) is 4.24. The molecule has 0 saturated carbocycles. The van der Waals surface area contributed by atoms with Crippen molar-refractivity contribution < 1.29 is 9.47 Å². The summed E-state index contributed by atoms with van der Waals surface area (Å²) in [6.45, 7) is 4.41. The van der Waals surface area contributed by atoms with E-state index in [2.05, 4.69) is 5.10 Å². The predicted molar refractivity (Wildman–Crippen MR) is 76.0 cm³/mol. The third-order valence-electron chi connectivity index (χ3n) is 3.15. The summed E-state index contributed by atoms with van der Waals surface area (Å²) in [5.41, 5.74) is 0.584. The minimum Gasteiger partial charge on any atom is -0.493 e. The van der Waals surface area contributed by atoms with Crippen molar-refractivity contribution in [2.75, 3.05) is 14.2 Å². The van der Waals surface area contributed by atoms with E-state index in [0.29, 0.717) is 24.5 Å². The molecular weight excluding hydrogens is 258 g/mol. The van der Waals surface area contributed by atoms with Crippen LogP contribution in [0.3, 0.4) is 0 Å². The molecule has 0 atom stereocenters. The predicted octanol–water partition coefficient (Wildman–Crippen LogP) is 1.63. The van der Waals surface area contributed by atoms with Gasteiger partial charge in [-0.1, -0.05) is 6.92 Å². The lowest BCUT2D eigenvalue weighted by atomic mass is 10.2. The second kappa shape index (κ2) is 5.81. The maximum absolute atomic E-state index is 12.3. The second-order valence-electron chi connectivity index (χ2n) is 4.24. The van der Waals surface area contributed by atoms with Gasteiger partial charge in [0.15, 0.2) is 11.5 Å². The minimum absolute atomic E-state index is 0.142. The first kappa shape index (κ1) is 14.2. The number of aromatic nitrogens is 3. The lowest BCUT2D eigenvalue weighted by Gasteiger charge is -2.10. The van der Waals surface area contributed by atoms with Crippen molar-refractivity contribution in [2.45, 2.75) is 26.8 Å². The molecule has 6 heteroatoms. The van der Waals surface area contributed by atoms with Gasteiger partial charge in [0.25, 0.3) is 0 Å². The molecule has 20 heavy (non-hydrogen) atoms. The van der Waals surface area contributed by atoms with Gasteiger partial charge in [-0.05, 0) is 19.1 Å². The van der Waals surface area contributed by atoms with Gasteiger partial charge in [0.1, 0.15) is 5.82 Å². The monoisotopic (exact) mass is 277 g/mol. The van der Waals surface area contributed by atoms with Gasteiger partial charge in [-0.15, -0.1) is 0 Å². The van der Waals surface area contributed by atoms with E-state index in [4.69, 9.17) is 9.47 Å². The van der Waals surface area contributed by atoms with Crippen LogP contribution in [0.1, 0.15) is 19.7 Å². The van der Waals surface area contributed by atoms with Gasteiger partial charge in [0.05, 0.1) is 19.9 Å². The zero-order chi connectivity index (χ0) is 14.7. The van der Waals surface area contributed by atoms with E-state index in [-0.39, 0.29) is 5.69 Å². The zero-order valence-electron chi connectivity index (χ0n) is 12.2. The fourth-order valence-electron chi connectivity index (χ4n) is 2.11. The summed E-state index contributed by atoms with van der Waals surface area (Å²) in [6.07, 6.45) is 0.677. The summed E-state index contributed by atoms with van der Waals surface area (Å²) in [5.74, 6) is 1.94. The first-order valence-electron chi connectivity index (χ1n) is 6.57. The number of ether oxygens (including phenoxy) is 2. The number of rotatable bonds is 5. The average Bonchev–Trinajstić information content (AvgIpc) is 2.82. The maximum Gasteiger partial charge on any atom is 0.350 e. The van der Waals surface area contributed by atoms with E-state index in [1.54, 1.807) is 30.9 Å². The van der Waals surface area contributed by atoms with E-state index < -0.39 is 0 Å². The summed E-state index contributed by atoms with van der Waals surface area (Å²) >= 11 is 0. The van der Waals surface area contributed by atoms with Crippen molar-refractivity contribution in [2.24, 2.45) is 0 Å². The molecule has 0 amide bonds. The first-order valence-corrected chi connectivity index (χ1v) is 6.57. The molecule has 2 rings (SSSR count).